The van der Waals surface area contributed by atoms with Crippen molar-refractivity contribution in [2.45, 2.75) is 39.5 Å². The lowest BCUT2D eigenvalue weighted by Gasteiger charge is -2.14. The predicted molar refractivity (Wildman–Crippen MR) is 77.0 cm³/mol. The molecule has 0 aliphatic carbocycles. The van der Waals surface area contributed by atoms with Crippen LogP contribution in [0.2, 0.25) is 0 Å². The van der Waals surface area contributed by atoms with E-state index in [9.17, 15) is 0 Å². The molecule has 6 nitrogen and oxygen atoms in total. The molecule has 0 aliphatic rings. The van der Waals surface area contributed by atoms with Crippen molar-refractivity contribution in [3.8, 4) is 0 Å². The molecule has 0 aromatic carbocycles. The lowest BCUT2D eigenvalue weighted by Crippen LogP contribution is -2.23. The Morgan fingerprint density at radius 3 is 3.00 bits per heavy atom. The number of nitrogens with zero attached hydrogens (tertiary/aromatic N) is 4. The molecule has 0 bridgehead atoms. The summed E-state index contributed by atoms with van der Waals surface area (Å²) in [4.78, 5) is 2.20. The minimum atomic E-state index is 0.458. The highest BCUT2D eigenvalue weighted by Gasteiger charge is 2.05. The molecule has 0 spiro atoms. The Kier molecular flexibility index (Phi) is 5.31. The zero-order chi connectivity index (χ0) is 14.4. The number of hydrogen-bond donors (Lipinski definition) is 1. The van der Waals surface area contributed by atoms with Crippen LogP contribution >= 0.6 is 0 Å². The molecule has 0 saturated heterocycles. The van der Waals surface area contributed by atoms with Crippen LogP contribution in [0.1, 0.15) is 25.3 Å². The maximum atomic E-state index is 5.33. The number of nitrogens with one attached hydrogen (secondary N) is 1. The van der Waals surface area contributed by atoms with Gasteiger partial charge in [-0.25, -0.2) is 0 Å². The summed E-state index contributed by atoms with van der Waals surface area (Å²) in [6.45, 7) is 7.54. The van der Waals surface area contributed by atoms with Gasteiger partial charge >= 0.3 is 0 Å². The van der Waals surface area contributed by atoms with Gasteiger partial charge in [-0.05, 0) is 19.2 Å². The average Bonchev–Trinajstić information content (AvgIpc) is 3.05. The third-order valence-electron chi connectivity index (χ3n) is 2.99. The first-order chi connectivity index (χ1) is 9.63. The maximum absolute atomic E-state index is 5.33. The molecule has 0 aliphatic heterocycles. The fraction of sp³-hybridized carbons (Fsp3) is 0.571. The van der Waals surface area contributed by atoms with Crippen LogP contribution in [0.5, 0.6) is 0 Å². The third kappa shape index (κ3) is 4.79. The second-order valence-corrected chi connectivity index (χ2v) is 5.33. The molecule has 0 amide bonds. The topological polar surface area (TPSA) is 59.1 Å². The van der Waals surface area contributed by atoms with E-state index in [1.54, 1.807) is 6.26 Å². The van der Waals surface area contributed by atoms with Crippen LogP contribution in [0.15, 0.2) is 29.0 Å². The third-order valence-corrected chi connectivity index (χ3v) is 2.99. The molecule has 2 aromatic rings. The summed E-state index contributed by atoms with van der Waals surface area (Å²) in [6, 6.07) is 4.36. The van der Waals surface area contributed by atoms with Crippen LogP contribution in [-0.4, -0.2) is 39.5 Å². The van der Waals surface area contributed by atoms with Crippen molar-refractivity contribution in [1.29, 1.82) is 0 Å². The van der Waals surface area contributed by atoms with E-state index < -0.39 is 0 Å². The molecule has 6 heteroatoms. The van der Waals surface area contributed by atoms with Gasteiger partial charge in [-0.1, -0.05) is 19.1 Å². The Morgan fingerprint density at radius 2 is 2.30 bits per heavy atom. The summed E-state index contributed by atoms with van der Waals surface area (Å²) in [5.41, 5.74) is 0.979. The number of aromatic nitrogens is 3. The second-order valence-electron chi connectivity index (χ2n) is 5.33. The quantitative estimate of drug-likeness (QED) is 0.792. The first kappa shape index (κ1) is 14.7. The minimum absolute atomic E-state index is 0.458. The second kappa shape index (κ2) is 7.21. The Morgan fingerprint density at radius 1 is 1.45 bits per heavy atom. The van der Waals surface area contributed by atoms with Crippen LogP contribution in [0.4, 0.5) is 0 Å². The van der Waals surface area contributed by atoms with E-state index in [1.807, 2.05) is 23.0 Å². The van der Waals surface area contributed by atoms with Gasteiger partial charge < -0.3 is 9.73 Å². The SMILES string of the molecule is CC(C)NCc1cn(CCN(C)Cc2ccco2)nn1. The van der Waals surface area contributed by atoms with Gasteiger partial charge in [0, 0.05) is 25.3 Å². The summed E-state index contributed by atoms with van der Waals surface area (Å²) < 4.78 is 7.21. The fourth-order valence-electron chi connectivity index (χ4n) is 1.86. The number of hydrogen-bond acceptors (Lipinski definition) is 5. The summed E-state index contributed by atoms with van der Waals surface area (Å²) in [7, 11) is 2.07. The van der Waals surface area contributed by atoms with Gasteiger partial charge in [0.25, 0.3) is 0 Å². The Labute approximate surface area is 119 Å². The lowest BCUT2D eigenvalue weighted by atomic mass is 10.3. The minimum Gasteiger partial charge on any atom is -0.468 e. The summed E-state index contributed by atoms with van der Waals surface area (Å²) >= 11 is 0. The maximum Gasteiger partial charge on any atom is 0.117 e. The van der Waals surface area contributed by atoms with Crippen molar-refractivity contribution in [2.24, 2.45) is 0 Å². The molecule has 0 saturated carbocycles. The van der Waals surface area contributed by atoms with Crippen molar-refractivity contribution in [3.05, 3.63) is 36.0 Å². The zero-order valence-corrected chi connectivity index (χ0v) is 12.4. The van der Waals surface area contributed by atoms with Gasteiger partial charge in [0.15, 0.2) is 0 Å². The molecule has 20 heavy (non-hydrogen) atoms. The van der Waals surface area contributed by atoms with E-state index >= 15 is 0 Å². The molecule has 2 aromatic heterocycles. The van der Waals surface area contributed by atoms with Crippen LogP contribution in [-0.2, 0) is 19.6 Å². The van der Waals surface area contributed by atoms with Crippen molar-refractivity contribution in [3.63, 3.8) is 0 Å². The van der Waals surface area contributed by atoms with Gasteiger partial charge in [0.1, 0.15) is 5.76 Å². The highest BCUT2D eigenvalue weighted by atomic mass is 16.3. The summed E-state index contributed by atoms with van der Waals surface area (Å²) in [5, 5.41) is 11.6. The van der Waals surface area contributed by atoms with Gasteiger partial charge in [-0.15, -0.1) is 5.10 Å². The molecule has 0 atom stereocenters. The van der Waals surface area contributed by atoms with Crippen LogP contribution < -0.4 is 5.32 Å². The molecular weight excluding hydrogens is 254 g/mol. The fourth-order valence-corrected chi connectivity index (χ4v) is 1.86. The van der Waals surface area contributed by atoms with Crippen molar-refractivity contribution >= 4 is 0 Å². The van der Waals surface area contributed by atoms with Crippen molar-refractivity contribution in [2.75, 3.05) is 13.6 Å². The number of rotatable bonds is 8. The van der Waals surface area contributed by atoms with E-state index in [0.717, 1.165) is 37.6 Å². The molecule has 2 heterocycles. The van der Waals surface area contributed by atoms with E-state index in [0.29, 0.717) is 6.04 Å². The number of likely N-dealkylation sites (N-methyl/N-ethyl adjacent to an activating group) is 1. The molecule has 1 N–H and O–H groups in total. The molecule has 0 fully saturated rings. The largest absolute Gasteiger partial charge is 0.468 e. The normalized spacial score (nSPS) is 11.7. The van der Waals surface area contributed by atoms with Gasteiger partial charge in [-0.2, -0.15) is 0 Å². The highest BCUT2D eigenvalue weighted by molar-refractivity contribution is 4.97. The van der Waals surface area contributed by atoms with E-state index in [4.69, 9.17) is 4.42 Å². The summed E-state index contributed by atoms with van der Waals surface area (Å²) in [5.74, 6) is 0.980. The Hall–Kier alpha value is -1.66. The van der Waals surface area contributed by atoms with E-state index in [-0.39, 0.29) is 0 Å². The predicted octanol–water partition coefficient (Wildman–Crippen LogP) is 1.50. The highest BCUT2D eigenvalue weighted by Crippen LogP contribution is 2.03. The van der Waals surface area contributed by atoms with Crippen molar-refractivity contribution in [1.82, 2.24) is 25.2 Å². The Balaban J connectivity index is 1.73. The van der Waals surface area contributed by atoms with Crippen LogP contribution in [0, 0.1) is 0 Å². The van der Waals surface area contributed by atoms with Gasteiger partial charge in [0.05, 0.1) is 25.0 Å². The van der Waals surface area contributed by atoms with Crippen LogP contribution in [0.25, 0.3) is 0 Å². The van der Waals surface area contributed by atoms with Crippen LogP contribution in [0.3, 0.4) is 0 Å². The average molecular weight is 277 g/mol. The molecule has 2 rings (SSSR count). The van der Waals surface area contributed by atoms with E-state index in [1.165, 1.54) is 0 Å². The molecular formula is C14H23N5O. The van der Waals surface area contributed by atoms with Crippen molar-refractivity contribution < 1.29 is 4.42 Å². The Bertz CT molecular complexity index is 491. The first-order valence-electron chi connectivity index (χ1n) is 6.97. The number of furan rings is 1. The molecule has 110 valence electrons. The lowest BCUT2D eigenvalue weighted by molar-refractivity contribution is 0.278. The smallest absolute Gasteiger partial charge is 0.117 e. The standard InChI is InChI=1S/C14H23N5O/c1-12(2)15-9-13-10-19(17-16-13)7-6-18(3)11-14-5-4-8-20-14/h4-5,8,10,12,15H,6-7,9,11H2,1-3H3. The molecule has 0 unspecified atom stereocenters. The van der Waals surface area contributed by atoms with Gasteiger partial charge in [0.2, 0.25) is 0 Å². The summed E-state index contributed by atoms with van der Waals surface area (Å²) in [6.07, 6.45) is 3.70. The first-order valence-corrected chi connectivity index (χ1v) is 6.97. The zero-order valence-electron chi connectivity index (χ0n) is 12.4. The molecule has 0 radical (unpaired) electrons. The van der Waals surface area contributed by atoms with E-state index in [2.05, 4.69) is 41.4 Å². The van der Waals surface area contributed by atoms with Gasteiger partial charge in [-0.3, -0.25) is 9.58 Å². The monoisotopic (exact) mass is 277 g/mol.